The monoisotopic (exact) mass is 499 g/mol. The van der Waals surface area contributed by atoms with Gasteiger partial charge in [0.15, 0.2) is 11.6 Å². The number of ether oxygens (including phenoxy) is 1. The summed E-state index contributed by atoms with van der Waals surface area (Å²) in [5, 5.41) is 0.977. The molecule has 5 nitrogen and oxygen atoms in total. The van der Waals surface area contributed by atoms with Gasteiger partial charge in [-0.05, 0) is 86.4 Å². The summed E-state index contributed by atoms with van der Waals surface area (Å²) in [5.41, 5.74) is 10.6. The number of nitrogens with two attached hydrogens (primary N) is 1. The molecule has 1 amide bonds. The van der Waals surface area contributed by atoms with E-state index in [0.29, 0.717) is 17.5 Å². The highest BCUT2D eigenvalue weighted by Gasteiger charge is 2.33. The Morgan fingerprint density at radius 3 is 2.74 bits per heavy atom. The van der Waals surface area contributed by atoms with E-state index >= 15 is 0 Å². The molecule has 0 spiro atoms. The first-order valence-corrected chi connectivity index (χ1v) is 12.0. The van der Waals surface area contributed by atoms with Crippen LogP contribution in [0.3, 0.4) is 0 Å². The molecule has 35 heavy (non-hydrogen) atoms. The van der Waals surface area contributed by atoms with E-state index < -0.39 is 11.7 Å². The Kier molecular flexibility index (Phi) is 6.21. The number of H-pyrrole nitrogens is 1. The van der Waals surface area contributed by atoms with Gasteiger partial charge in [-0.2, -0.15) is 0 Å². The van der Waals surface area contributed by atoms with Crippen LogP contribution >= 0.6 is 12.4 Å². The number of aromatic nitrogens is 1. The van der Waals surface area contributed by atoms with Crippen molar-refractivity contribution in [2.75, 3.05) is 13.2 Å². The standard InChI is InChI=1S/C27H27F2N3O2.ClH/c28-16-5-9-25-21(11-16)20-10-15(4-8-24(20)31-25)13-32(17-2-1-3-17)18-12-22-19(27(30)33)6-7-23(29)26(22)34-14-18;/h5-7,9,11-12,15,17,31H,1-4,8,10,13-14H2,(H2,30,33);1H. The van der Waals surface area contributed by atoms with Crippen LogP contribution in [-0.4, -0.2) is 35.0 Å². The zero-order valence-electron chi connectivity index (χ0n) is 19.3. The van der Waals surface area contributed by atoms with E-state index in [1.807, 2.05) is 12.1 Å². The maximum absolute atomic E-state index is 14.4. The third kappa shape index (κ3) is 4.16. The number of amides is 1. The van der Waals surface area contributed by atoms with Crippen LogP contribution < -0.4 is 10.5 Å². The molecule has 2 aliphatic carbocycles. The highest BCUT2D eigenvalue weighted by molar-refractivity contribution is 5.98. The molecule has 8 heteroatoms. The zero-order valence-corrected chi connectivity index (χ0v) is 20.1. The van der Waals surface area contributed by atoms with Crippen molar-refractivity contribution in [3.8, 4) is 5.75 Å². The quantitative estimate of drug-likeness (QED) is 0.496. The molecule has 1 atom stereocenters. The first kappa shape index (κ1) is 23.7. The van der Waals surface area contributed by atoms with Gasteiger partial charge in [-0.15, -0.1) is 12.4 Å². The molecule has 0 saturated heterocycles. The number of aromatic amines is 1. The lowest BCUT2D eigenvalue weighted by atomic mass is 9.84. The van der Waals surface area contributed by atoms with Crippen LogP contribution in [0.2, 0.25) is 0 Å². The lowest BCUT2D eigenvalue weighted by Gasteiger charge is -2.43. The van der Waals surface area contributed by atoms with Gasteiger partial charge in [0, 0.05) is 34.7 Å². The largest absolute Gasteiger partial charge is 0.484 e. The number of primary amides is 1. The number of fused-ring (bicyclic) bond motifs is 4. The van der Waals surface area contributed by atoms with E-state index in [1.165, 1.54) is 35.9 Å². The molecular formula is C27H28ClF2N3O2. The molecule has 2 heterocycles. The average molecular weight is 500 g/mol. The smallest absolute Gasteiger partial charge is 0.249 e. The molecule has 1 aliphatic heterocycles. The molecule has 3 N–H and O–H groups in total. The van der Waals surface area contributed by atoms with Crippen LogP contribution in [0, 0.1) is 17.6 Å². The van der Waals surface area contributed by atoms with Gasteiger partial charge in [0.2, 0.25) is 5.91 Å². The summed E-state index contributed by atoms with van der Waals surface area (Å²) in [5.74, 6) is -0.804. The summed E-state index contributed by atoms with van der Waals surface area (Å²) in [6.07, 6.45) is 8.13. The SMILES string of the molecule is Cl.NC(=O)c1ccc(F)c2c1C=C(N(CC1CCc3[nH]c4ccc(F)cc4c3C1)C1CCC1)CO2. The Morgan fingerprint density at radius 1 is 1.17 bits per heavy atom. The van der Waals surface area contributed by atoms with Crippen molar-refractivity contribution >= 4 is 35.3 Å². The highest BCUT2D eigenvalue weighted by Crippen LogP contribution is 2.38. The van der Waals surface area contributed by atoms with Gasteiger partial charge in [-0.1, -0.05) is 0 Å². The Hall–Kier alpha value is -3.06. The molecule has 184 valence electrons. The van der Waals surface area contributed by atoms with Crippen molar-refractivity contribution in [1.29, 1.82) is 0 Å². The Morgan fingerprint density at radius 2 is 2.00 bits per heavy atom. The molecule has 1 saturated carbocycles. The third-order valence-corrected chi connectivity index (χ3v) is 7.68. The lowest BCUT2D eigenvalue weighted by Crippen LogP contribution is -2.44. The fraction of sp³-hybridized carbons (Fsp3) is 0.370. The summed E-state index contributed by atoms with van der Waals surface area (Å²) in [6.45, 7) is 1.11. The minimum atomic E-state index is -0.598. The molecule has 6 rings (SSSR count). The topological polar surface area (TPSA) is 71.4 Å². The molecule has 1 fully saturated rings. The van der Waals surface area contributed by atoms with E-state index in [9.17, 15) is 13.6 Å². The predicted octanol–water partition coefficient (Wildman–Crippen LogP) is 5.36. The predicted molar refractivity (Wildman–Crippen MR) is 134 cm³/mol. The number of carbonyl (C=O) groups is 1. The Labute approximate surface area is 208 Å². The van der Waals surface area contributed by atoms with Crippen LogP contribution in [0.1, 0.15) is 52.9 Å². The van der Waals surface area contributed by atoms with Crippen LogP contribution in [0.25, 0.3) is 17.0 Å². The van der Waals surface area contributed by atoms with Gasteiger partial charge in [-0.3, -0.25) is 4.79 Å². The molecule has 3 aromatic rings. The van der Waals surface area contributed by atoms with Gasteiger partial charge in [0.1, 0.15) is 12.4 Å². The number of halogens is 3. The van der Waals surface area contributed by atoms with Gasteiger partial charge in [0.05, 0.1) is 11.3 Å². The molecule has 2 aromatic carbocycles. The van der Waals surface area contributed by atoms with Crippen molar-refractivity contribution in [2.24, 2.45) is 11.7 Å². The molecule has 3 aliphatic rings. The van der Waals surface area contributed by atoms with Crippen molar-refractivity contribution in [1.82, 2.24) is 9.88 Å². The Bertz CT molecular complexity index is 1330. The van der Waals surface area contributed by atoms with E-state index in [-0.39, 0.29) is 36.1 Å². The van der Waals surface area contributed by atoms with E-state index in [4.69, 9.17) is 10.5 Å². The first-order valence-electron chi connectivity index (χ1n) is 12.0. The fourth-order valence-corrected chi connectivity index (χ4v) is 5.69. The van der Waals surface area contributed by atoms with Crippen LogP contribution in [0.5, 0.6) is 5.75 Å². The van der Waals surface area contributed by atoms with Crippen molar-refractivity contribution in [3.05, 3.63) is 70.0 Å². The zero-order chi connectivity index (χ0) is 23.4. The number of nitrogens with one attached hydrogen (secondary N) is 1. The van der Waals surface area contributed by atoms with Crippen LogP contribution in [0.15, 0.2) is 36.0 Å². The number of benzene rings is 2. The second kappa shape index (κ2) is 9.19. The normalized spacial score (nSPS) is 19.0. The van der Waals surface area contributed by atoms with Gasteiger partial charge < -0.3 is 20.4 Å². The maximum Gasteiger partial charge on any atom is 0.249 e. The number of hydrogen-bond donors (Lipinski definition) is 2. The number of aryl methyl sites for hydroxylation is 1. The summed E-state index contributed by atoms with van der Waals surface area (Å²) in [4.78, 5) is 17.8. The molecule has 1 unspecified atom stereocenters. The third-order valence-electron chi connectivity index (χ3n) is 7.68. The minimum Gasteiger partial charge on any atom is -0.484 e. The van der Waals surface area contributed by atoms with E-state index in [0.717, 1.165) is 55.2 Å². The fourth-order valence-electron chi connectivity index (χ4n) is 5.69. The van der Waals surface area contributed by atoms with Crippen LogP contribution in [0.4, 0.5) is 8.78 Å². The maximum atomic E-state index is 14.4. The van der Waals surface area contributed by atoms with Gasteiger partial charge >= 0.3 is 0 Å². The number of nitrogens with zero attached hydrogens (tertiary/aromatic N) is 1. The number of hydrogen-bond acceptors (Lipinski definition) is 3. The highest BCUT2D eigenvalue weighted by atomic mass is 35.5. The minimum absolute atomic E-state index is 0. The molecule has 1 aromatic heterocycles. The molecule has 0 radical (unpaired) electrons. The lowest BCUT2D eigenvalue weighted by molar-refractivity contribution is 0.0998. The van der Waals surface area contributed by atoms with Gasteiger partial charge in [0.25, 0.3) is 0 Å². The van der Waals surface area contributed by atoms with Crippen molar-refractivity contribution in [2.45, 2.75) is 44.6 Å². The average Bonchev–Trinajstić information content (AvgIpc) is 3.14. The van der Waals surface area contributed by atoms with Gasteiger partial charge in [-0.25, -0.2) is 8.78 Å². The number of carbonyl (C=O) groups excluding carboxylic acids is 1. The second-order valence-electron chi connectivity index (χ2n) is 9.74. The summed E-state index contributed by atoms with van der Waals surface area (Å²) in [7, 11) is 0. The Balaban J connectivity index is 0.00000253. The first-order chi connectivity index (χ1) is 16.5. The van der Waals surface area contributed by atoms with E-state index in [2.05, 4.69) is 9.88 Å². The summed E-state index contributed by atoms with van der Waals surface area (Å²) < 4.78 is 34.1. The van der Waals surface area contributed by atoms with E-state index in [1.54, 1.807) is 6.07 Å². The molecule has 0 bridgehead atoms. The summed E-state index contributed by atoms with van der Waals surface area (Å²) in [6, 6.07) is 8.00. The second-order valence-corrected chi connectivity index (χ2v) is 9.74. The molecular weight excluding hydrogens is 472 g/mol. The summed E-state index contributed by atoms with van der Waals surface area (Å²) >= 11 is 0. The van der Waals surface area contributed by atoms with Crippen LogP contribution in [-0.2, 0) is 12.8 Å². The van der Waals surface area contributed by atoms with Crippen molar-refractivity contribution < 1.29 is 18.3 Å². The number of rotatable bonds is 5. The van der Waals surface area contributed by atoms with Crippen molar-refractivity contribution in [3.63, 3.8) is 0 Å².